The predicted molar refractivity (Wildman–Crippen MR) is 106 cm³/mol. The molecule has 0 spiro atoms. The van der Waals surface area contributed by atoms with Crippen molar-refractivity contribution in [3.63, 3.8) is 0 Å². The molecule has 0 radical (unpaired) electrons. The van der Waals surface area contributed by atoms with Gasteiger partial charge in [0.2, 0.25) is 0 Å². The van der Waals surface area contributed by atoms with E-state index < -0.39 is 16.5 Å². The second-order valence-corrected chi connectivity index (χ2v) is 6.08. The number of nitro groups is 1. The summed E-state index contributed by atoms with van der Waals surface area (Å²) in [6.45, 7) is 0.0178. The van der Waals surface area contributed by atoms with E-state index in [0.717, 1.165) is 11.6 Å². The zero-order chi connectivity index (χ0) is 21.7. The molecule has 0 fully saturated rings. The van der Waals surface area contributed by atoms with Crippen LogP contribution in [0, 0.1) is 10.1 Å². The molecule has 10 heteroatoms. The number of ether oxygens (including phenoxy) is 3. The molecule has 30 heavy (non-hydrogen) atoms. The van der Waals surface area contributed by atoms with Crippen molar-refractivity contribution in [2.45, 2.75) is 6.54 Å². The summed E-state index contributed by atoms with van der Waals surface area (Å²) in [6, 6.07) is 11.3. The Balaban J connectivity index is 1.76. The van der Waals surface area contributed by atoms with E-state index in [1.165, 1.54) is 20.3 Å². The maximum atomic E-state index is 12.6. The molecule has 0 aliphatic carbocycles. The van der Waals surface area contributed by atoms with Gasteiger partial charge in [-0.15, -0.1) is 0 Å². The number of nitro benzene ring substituents is 1. The van der Waals surface area contributed by atoms with E-state index in [1.807, 2.05) is 12.1 Å². The molecular weight excluding hydrogens is 394 g/mol. The lowest BCUT2D eigenvalue weighted by atomic mass is 10.1. The van der Waals surface area contributed by atoms with Gasteiger partial charge in [-0.25, -0.2) is 0 Å². The maximum Gasteiger partial charge on any atom is 0.286 e. The van der Waals surface area contributed by atoms with Gasteiger partial charge in [0.15, 0.2) is 17.3 Å². The number of amides is 1. The van der Waals surface area contributed by atoms with Crippen molar-refractivity contribution in [3.05, 3.63) is 63.8 Å². The molecule has 0 aliphatic heterocycles. The summed E-state index contributed by atoms with van der Waals surface area (Å²) in [6.07, 6.45) is 0. The molecule has 0 bridgehead atoms. The zero-order valence-corrected chi connectivity index (χ0v) is 16.5. The first-order valence-corrected chi connectivity index (χ1v) is 8.75. The third-order valence-corrected chi connectivity index (χ3v) is 4.31. The second-order valence-electron chi connectivity index (χ2n) is 6.08. The van der Waals surface area contributed by atoms with Crippen LogP contribution in [-0.2, 0) is 6.54 Å². The Morgan fingerprint density at radius 3 is 2.33 bits per heavy atom. The first-order chi connectivity index (χ1) is 14.5. The molecule has 3 rings (SSSR count). The number of carbonyl (C=O) groups excluding carboxylic acids is 1. The fraction of sp³-hybridized carbons (Fsp3) is 0.200. The fourth-order valence-electron chi connectivity index (χ4n) is 2.75. The third kappa shape index (κ3) is 4.32. The van der Waals surface area contributed by atoms with E-state index in [9.17, 15) is 14.9 Å². The van der Waals surface area contributed by atoms with Crippen LogP contribution >= 0.6 is 0 Å². The average Bonchev–Trinajstić information content (AvgIpc) is 3.25. The Hall–Kier alpha value is -4.08. The van der Waals surface area contributed by atoms with Crippen LogP contribution in [0.25, 0.3) is 11.3 Å². The molecule has 2 aromatic carbocycles. The van der Waals surface area contributed by atoms with Crippen LogP contribution in [0.15, 0.2) is 47.0 Å². The van der Waals surface area contributed by atoms with E-state index in [1.54, 1.807) is 25.3 Å². The number of benzene rings is 2. The van der Waals surface area contributed by atoms with E-state index >= 15 is 0 Å². The lowest BCUT2D eigenvalue weighted by Gasteiger charge is -2.10. The minimum atomic E-state index is -0.658. The Morgan fingerprint density at radius 1 is 1.07 bits per heavy atom. The van der Waals surface area contributed by atoms with Gasteiger partial charge in [0.05, 0.1) is 38.9 Å². The van der Waals surface area contributed by atoms with Crippen LogP contribution in [0.5, 0.6) is 17.2 Å². The van der Waals surface area contributed by atoms with Crippen molar-refractivity contribution < 1.29 is 28.5 Å². The van der Waals surface area contributed by atoms with Crippen LogP contribution in [0.4, 0.5) is 5.69 Å². The highest BCUT2D eigenvalue weighted by Gasteiger charge is 2.24. The molecule has 0 saturated heterocycles. The van der Waals surface area contributed by atoms with Crippen LogP contribution < -0.4 is 19.5 Å². The van der Waals surface area contributed by atoms with E-state index in [0.29, 0.717) is 17.2 Å². The topological polar surface area (TPSA) is 126 Å². The molecule has 0 aliphatic rings. The van der Waals surface area contributed by atoms with Crippen molar-refractivity contribution in [1.82, 2.24) is 10.5 Å². The van der Waals surface area contributed by atoms with Gasteiger partial charge in [0.25, 0.3) is 11.6 Å². The number of aromatic nitrogens is 1. The third-order valence-electron chi connectivity index (χ3n) is 4.31. The van der Waals surface area contributed by atoms with Gasteiger partial charge in [-0.05, 0) is 24.3 Å². The SMILES string of the molecule is COc1ccc(-c2cc(CNC(=O)c3cc(OC)c(OC)cc3[N+](=O)[O-])no2)cc1. The van der Waals surface area contributed by atoms with Crippen LogP contribution in [0.2, 0.25) is 0 Å². The Bertz CT molecular complexity index is 1060. The minimum absolute atomic E-state index is 0.0178. The monoisotopic (exact) mass is 413 g/mol. The highest BCUT2D eigenvalue weighted by Crippen LogP contribution is 2.34. The molecule has 0 unspecified atom stereocenters. The Morgan fingerprint density at radius 2 is 1.73 bits per heavy atom. The van der Waals surface area contributed by atoms with Crippen LogP contribution in [-0.4, -0.2) is 37.3 Å². The Labute approximate surface area is 171 Å². The highest BCUT2D eigenvalue weighted by molar-refractivity contribution is 5.99. The summed E-state index contributed by atoms with van der Waals surface area (Å²) in [7, 11) is 4.31. The van der Waals surface area contributed by atoms with Crippen molar-refractivity contribution in [1.29, 1.82) is 0 Å². The van der Waals surface area contributed by atoms with Gasteiger partial charge < -0.3 is 24.1 Å². The molecule has 156 valence electrons. The smallest absolute Gasteiger partial charge is 0.286 e. The van der Waals surface area contributed by atoms with E-state index in [-0.39, 0.29) is 23.6 Å². The van der Waals surface area contributed by atoms with Crippen molar-refractivity contribution in [3.8, 4) is 28.6 Å². The van der Waals surface area contributed by atoms with Gasteiger partial charge >= 0.3 is 0 Å². The first-order valence-electron chi connectivity index (χ1n) is 8.75. The average molecular weight is 413 g/mol. The number of hydrogen-bond acceptors (Lipinski definition) is 8. The predicted octanol–water partition coefficient (Wildman–Crippen LogP) is 3.21. The van der Waals surface area contributed by atoms with Crippen molar-refractivity contribution in [2.75, 3.05) is 21.3 Å². The lowest BCUT2D eigenvalue weighted by molar-refractivity contribution is -0.385. The van der Waals surface area contributed by atoms with Crippen LogP contribution in [0.3, 0.4) is 0 Å². The number of nitrogens with one attached hydrogen (secondary N) is 1. The summed E-state index contributed by atoms with van der Waals surface area (Å²) in [5.74, 6) is 0.927. The largest absolute Gasteiger partial charge is 0.497 e. The first kappa shape index (κ1) is 20.6. The summed E-state index contributed by atoms with van der Waals surface area (Å²) in [4.78, 5) is 23.3. The number of carbonyl (C=O) groups is 1. The van der Waals surface area contributed by atoms with Gasteiger partial charge in [-0.3, -0.25) is 14.9 Å². The molecular formula is C20H19N3O7. The molecule has 1 amide bonds. The molecule has 1 heterocycles. The second kappa shape index (κ2) is 8.95. The van der Waals surface area contributed by atoms with Crippen LogP contribution in [0.1, 0.15) is 16.1 Å². The van der Waals surface area contributed by atoms with Crippen molar-refractivity contribution in [2.24, 2.45) is 0 Å². The number of hydrogen-bond donors (Lipinski definition) is 1. The minimum Gasteiger partial charge on any atom is -0.497 e. The molecule has 1 N–H and O–H groups in total. The van der Waals surface area contributed by atoms with E-state index in [2.05, 4.69) is 10.5 Å². The molecule has 1 aromatic heterocycles. The molecule has 0 atom stereocenters. The number of rotatable bonds is 8. The quantitative estimate of drug-likeness (QED) is 0.441. The fourth-order valence-corrected chi connectivity index (χ4v) is 2.75. The van der Waals surface area contributed by atoms with E-state index in [4.69, 9.17) is 18.7 Å². The van der Waals surface area contributed by atoms with Gasteiger partial charge in [-0.1, -0.05) is 5.16 Å². The summed E-state index contributed by atoms with van der Waals surface area (Å²) in [5.41, 5.74) is 0.689. The summed E-state index contributed by atoms with van der Waals surface area (Å²) in [5, 5.41) is 17.9. The van der Waals surface area contributed by atoms with Crippen molar-refractivity contribution >= 4 is 11.6 Å². The summed E-state index contributed by atoms with van der Waals surface area (Å²) < 4.78 is 20.6. The highest BCUT2D eigenvalue weighted by atomic mass is 16.6. The maximum absolute atomic E-state index is 12.6. The molecule has 0 saturated carbocycles. The van der Waals surface area contributed by atoms with Gasteiger partial charge in [0, 0.05) is 17.7 Å². The Kier molecular flexibility index (Phi) is 6.16. The van der Waals surface area contributed by atoms with Gasteiger partial charge in [-0.2, -0.15) is 0 Å². The standard InChI is InChI=1S/C20H19N3O7/c1-27-14-6-4-12(5-7-14)17-8-13(22-30-17)11-21-20(24)15-9-18(28-2)19(29-3)10-16(15)23(25)26/h4-10H,11H2,1-3H3,(H,21,24). The summed E-state index contributed by atoms with van der Waals surface area (Å²) >= 11 is 0. The molecule has 3 aromatic rings. The van der Waals surface area contributed by atoms with Gasteiger partial charge in [0.1, 0.15) is 17.0 Å². The number of nitrogens with zero attached hydrogens (tertiary/aromatic N) is 2. The molecule has 10 nitrogen and oxygen atoms in total. The zero-order valence-electron chi connectivity index (χ0n) is 16.5. The number of methoxy groups -OCH3 is 3. The lowest BCUT2D eigenvalue weighted by Crippen LogP contribution is -2.24. The normalized spacial score (nSPS) is 10.4.